The molecule has 1 aromatic heterocycles. The van der Waals surface area contributed by atoms with Crippen molar-refractivity contribution in [3.8, 4) is 5.75 Å². The van der Waals surface area contributed by atoms with Gasteiger partial charge in [0.05, 0.1) is 12.8 Å². The molecule has 0 bridgehead atoms. The summed E-state index contributed by atoms with van der Waals surface area (Å²) in [4.78, 5) is 4.48. The zero-order valence-corrected chi connectivity index (χ0v) is 11.5. The van der Waals surface area contributed by atoms with Gasteiger partial charge >= 0.3 is 0 Å². The van der Waals surface area contributed by atoms with E-state index >= 15 is 0 Å². The maximum absolute atomic E-state index is 5.39. The lowest BCUT2D eigenvalue weighted by Gasteiger charge is -2.11. The Kier molecular flexibility index (Phi) is 5.67. The summed E-state index contributed by atoms with van der Waals surface area (Å²) >= 11 is 1.95. The van der Waals surface area contributed by atoms with Gasteiger partial charge in [-0.2, -0.15) is 11.8 Å². The molecule has 0 aliphatic heterocycles. The molecule has 1 heterocycles. The van der Waals surface area contributed by atoms with Crippen molar-refractivity contribution in [1.82, 2.24) is 4.98 Å². The highest BCUT2D eigenvalue weighted by molar-refractivity contribution is 7.98. The number of nitrogens with zero attached hydrogens (tertiary/aromatic N) is 1. The molecule has 0 saturated heterocycles. The Balaban J connectivity index is 2.66. The van der Waals surface area contributed by atoms with E-state index < -0.39 is 0 Å². The molecular formula is C13H21NOS. The van der Waals surface area contributed by atoms with Crippen LogP contribution in [0.15, 0.2) is 6.20 Å². The lowest BCUT2D eigenvalue weighted by Crippen LogP contribution is -1.99. The SMILES string of the molecule is CCCCSCc1ncc(C)c(OC)c1C. The van der Waals surface area contributed by atoms with Gasteiger partial charge in [0.15, 0.2) is 0 Å². The van der Waals surface area contributed by atoms with Crippen LogP contribution in [0.5, 0.6) is 5.75 Å². The number of pyridine rings is 1. The van der Waals surface area contributed by atoms with Crippen LogP contribution in [-0.2, 0) is 5.75 Å². The van der Waals surface area contributed by atoms with Gasteiger partial charge in [0.2, 0.25) is 0 Å². The van der Waals surface area contributed by atoms with Gasteiger partial charge in [-0.3, -0.25) is 4.98 Å². The zero-order chi connectivity index (χ0) is 12.0. The standard InChI is InChI=1S/C13H21NOS/c1-5-6-7-16-9-12-11(3)13(15-4)10(2)8-14-12/h8H,5-7,9H2,1-4H3. The number of hydrogen-bond donors (Lipinski definition) is 0. The number of aryl methyl sites for hydroxylation is 1. The van der Waals surface area contributed by atoms with Crippen LogP contribution in [0.1, 0.15) is 36.6 Å². The number of thioether (sulfide) groups is 1. The number of methoxy groups -OCH3 is 1. The molecule has 0 aliphatic carbocycles. The van der Waals surface area contributed by atoms with Crippen LogP contribution in [-0.4, -0.2) is 17.8 Å². The minimum atomic E-state index is 0.987. The van der Waals surface area contributed by atoms with Crippen molar-refractivity contribution < 1.29 is 4.74 Å². The average molecular weight is 239 g/mol. The number of hydrogen-bond acceptors (Lipinski definition) is 3. The second-order valence-electron chi connectivity index (χ2n) is 3.95. The third-order valence-electron chi connectivity index (χ3n) is 2.63. The molecule has 0 atom stereocenters. The quantitative estimate of drug-likeness (QED) is 0.706. The molecule has 2 nitrogen and oxygen atoms in total. The predicted molar refractivity (Wildman–Crippen MR) is 71.3 cm³/mol. The van der Waals surface area contributed by atoms with Crippen molar-refractivity contribution in [2.75, 3.05) is 12.9 Å². The van der Waals surface area contributed by atoms with E-state index in [-0.39, 0.29) is 0 Å². The highest BCUT2D eigenvalue weighted by Gasteiger charge is 2.08. The fraction of sp³-hybridized carbons (Fsp3) is 0.615. The van der Waals surface area contributed by atoms with Crippen molar-refractivity contribution in [3.05, 3.63) is 23.0 Å². The van der Waals surface area contributed by atoms with Crippen molar-refractivity contribution in [1.29, 1.82) is 0 Å². The molecule has 1 rings (SSSR count). The second kappa shape index (κ2) is 6.79. The van der Waals surface area contributed by atoms with E-state index in [0.717, 1.165) is 22.8 Å². The Labute approximate surface area is 103 Å². The van der Waals surface area contributed by atoms with Crippen molar-refractivity contribution in [2.45, 2.75) is 39.4 Å². The first-order valence-corrected chi connectivity index (χ1v) is 6.93. The number of aromatic nitrogens is 1. The highest BCUT2D eigenvalue weighted by atomic mass is 32.2. The predicted octanol–water partition coefficient (Wildman–Crippen LogP) is 3.74. The van der Waals surface area contributed by atoms with E-state index in [2.05, 4.69) is 18.8 Å². The molecule has 0 N–H and O–H groups in total. The molecular weight excluding hydrogens is 218 g/mol. The Hall–Kier alpha value is -0.700. The first-order valence-electron chi connectivity index (χ1n) is 5.77. The summed E-state index contributed by atoms with van der Waals surface area (Å²) in [6.45, 7) is 6.35. The van der Waals surface area contributed by atoms with E-state index in [1.54, 1.807) is 7.11 Å². The van der Waals surface area contributed by atoms with Crippen LogP contribution in [0.3, 0.4) is 0 Å². The average Bonchev–Trinajstić information content (AvgIpc) is 2.28. The number of rotatable bonds is 6. The van der Waals surface area contributed by atoms with Crippen LogP contribution in [0, 0.1) is 13.8 Å². The van der Waals surface area contributed by atoms with Gasteiger partial charge in [0.1, 0.15) is 5.75 Å². The fourth-order valence-corrected chi connectivity index (χ4v) is 2.75. The van der Waals surface area contributed by atoms with Gasteiger partial charge in [-0.25, -0.2) is 0 Å². The Morgan fingerprint density at radius 1 is 1.38 bits per heavy atom. The molecule has 0 unspecified atom stereocenters. The van der Waals surface area contributed by atoms with Crippen LogP contribution in [0.4, 0.5) is 0 Å². The molecule has 16 heavy (non-hydrogen) atoms. The monoisotopic (exact) mass is 239 g/mol. The van der Waals surface area contributed by atoms with Gasteiger partial charge in [0.25, 0.3) is 0 Å². The molecule has 90 valence electrons. The van der Waals surface area contributed by atoms with Crippen LogP contribution < -0.4 is 4.74 Å². The Bertz CT molecular complexity index is 339. The smallest absolute Gasteiger partial charge is 0.128 e. The molecule has 1 aromatic rings. The molecule has 0 aromatic carbocycles. The maximum atomic E-state index is 5.39. The van der Waals surface area contributed by atoms with E-state index in [9.17, 15) is 0 Å². The summed E-state index contributed by atoms with van der Waals surface area (Å²) in [7, 11) is 1.73. The van der Waals surface area contributed by atoms with Gasteiger partial charge < -0.3 is 4.74 Å². The van der Waals surface area contributed by atoms with Gasteiger partial charge in [-0.05, 0) is 26.0 Å². The number of ether oxygens (including phenoxy) is 1. The van der Waals surface area contributed by atoms with Crippen LogP contribution >= 0.6 is 11.8 Å². The van der Waals surface area contributed by atoms with Crippen molar-refractivity contribution in [2.24, 2.45) is 0 Å². The summed E-state index contributed by atoms with van der Waals surface area (Å²) in [6.07, 6.45) is 4.45. The molecule has 0 radical (unpaired) electrons. The van der Waals surface area contributed by atoms with E-state index in [1.165, 1.54) is 24.2 Å². The van der Waals surface area contributed by atoms with Crippen LogP contribution in [0.25, 0.3) is 0 Å². The van der Waals surface area contributed by atoms with E-state index in [0.29, 0.717) is 0 Å². The third-order valence-corrected chi connectivity index (χ3v) is 3.69. The Morgan fingerprint density at radius 3 is 2.75 bits per heavy atom. The lowest BCUT2D eigenvalue weighted by atomic mass is 10.1. The summed E-state index contributed by atoms with van der Waals surface area (Å²) in [5.41, 5.74) is 3.46. The molecule has 0 fully saturated rings. The van der Waals surface area contributed by atoms with E-state index in [4.69, 9.17) is 4.74 Å². The first kappa shape index (κ1) is 13.4. The summed E-state index contributed by atoms with van der Waals surface area (Å²) in [6, 6.07) is 0. The number of unbranched alkanes of at least 4 members (excludes halogenated alkanes) is 1. The topological polar surface area (TPSA) is 22.1 Å². The van der Waals surface area contributed by atoms with Crippen molar-refractivity contribution in [3.63, 3.8) is 0 Å². The summed E-state index contributed by atoms with van der Waals surface area (Å²) in [5, 5.41) is 0. The van der Waals surface area contributed by atoms with Gasteiger partial charge in [-0.15, -0.1) is 0 Å². The Morgan fingerprint density at radius 2 is 2.12 bits per heavy atom. The second-order valence-corrected chi connectivity index (χ2v) is 5.06. The van der Waals surface area contributed by atoms with Crippen LogP contribution in [0.2, 0.25) is 0 Å². The minimum absolute atomic E-state index is 0.987. The van der Waals surface area contributed by atoms with E-state index in [1.807, 2.05) is 24.9 Å². The zero-order valence-electron chi connectivity index (χ0n) is 10.7. The lowest BCUT2D eigenvalue weighted by molar-refractivity contribution is 0.407. The minimum Gasteiger partial charge on any atom is -0.496 e. The molecule has 0 aliphatic rings. The first-order chi connectivity index (χ1) is 7.70. The maximum Gasteiger partial charge on any atom is 0.128 e. The van der Waals surface area contributed by atoms with Crippen molar-refractivity contribution >= 4 is 11.8 Å². The third kappa shape index (κ3) is 3.41. The van der Waals surface area contributed by atoms with Gasteiger partial charge in [0, 0.05) is 23.1 Å². The molecule has 0 spiro atoms. The molecule has 0 amide bonds. The molecule has 3 heteroatoms. The summed E-state index contributed by atoms with van der Waals surface area (Å²) < 4.78 is 5.39. The summed E-state index contributed by atoms with van der Waals surface area (Å²) in [5.74, 6) is 3.19. The normalized spacial score (nSPS) is 10.5. The highest BCUT2D eigenvalue weighted by Crippen LogP contribution is 2.26. The van der Waals surface area contributed by atoms with Gasteiger partial charge in [-0.1, -0.05) is 13.3 Å². The molecule has 0 saturated carbocycles. The fourth-order valence-electron chi connectivity index (χ4n) is 1.63. The largest absolute Gasteiger partial charge is 0.496 e.